The maximum absolute atomic E-state index is 14.1. The van der Waals surface area contributed by atoms with Gasteiger partial charge in [-0.05, 0) is 83.8 Å². The Labute approximate surface area is 404 Å². The molecule has 70 heavy (non-hydrogen) atoms. The minimum absolute atomic E-state index is 0.0754. The number of hydrogen-bond donors (Lipinski definition) is 7. The Morgan fingerprint density at radius 2 is 1.49 bits per heavy atom. The van der Waals surface area contributed by atoms with Gasteiger partial charge < -0.3 is 41.0 Å². The first-order chi connectivity index (χ1) is 34.0. The quantitative estimate of drug-likeness (QED) is 0.0552. The summed E-state index contributed by atoms with van der Waals surface area (Å²) in [6.45, 7) is 2.93. The molecule has 358 valence electrons. The predicted molar refractivity (Wildman–Crippen MR) is 264 cm³/mol. The van der Waals surface area contributed by atoms with Crippen molar-refractivity contribution in [3.05, 3.63) is 195 Å². The number of pyridine rings is 1. The van der Waals surface area contributed by atoms with Gasteiger partial charge in [0.15, 0.2) is 11.4 Å². The highest BCUT2D eigenvalue weighted by Gasteiger charge is 2.40. The van der Waals surface area contributed by atoms with Gasteiger partial charge >= 0.3 is 0 Å². The number of H-pyrrole nitrogens is 1. The number of hydrogen-bond acceptors (Lipinski definition) is 12. The number of aliphatic hydroxyl groups excluding tert-OH is 1. The first-order valence-electron chi connectivity index (χ1n) is 23.6. The average molecular weight is 942 g/mol. The molecule has 3 heterocycles. The lowest BCUT2D eigenvalue weighted by molar-refractivity contribution is -0.142. The van der Waals surface area contributed by atoms with Crippen LogP contribution in [0, 0.1) is 0 Å². The summed E-state index contributed by atoms with van der Waals surface area (Å²) in [6, 6.07) is 38.9. The van der Waals surface area contributed by atoms with Crippen LogP contribution in [0.1, 0.15) is 80.5 Å². The number of nitrogens with zero attached hydrogens (tertiary/aromatic N) is 3. The van der Waals surface area contributed by atoms with Crippen LogP contribution in [-0.4, -0.2) is 97.2 Å². The van der Waals surface area contributed by atoms with E-state index < -0.39 is 23.4 Å². The van der Waals surface area contributed by atoms with E-state index in [2.05, 4.69) is 47.9 Å². The van der Waals surface area contributed by atoms with Gasteiger partial charge in [-0.15, -0.1) is 0 Å². The summed E-state index contributed by atoms with van der Waals surface area (Å²) in [5, 5.41) is 43.2. The van der Waals surface area contributed by atoms with Crippen LogP contribution in [0.2, 0.25) is 0 Å². The number of phenolic OH excluding ortho intramolecular Hbond substituents is 1. The highest BCUT2D eigenvalue weighted by atomic mass is 16.5. The molecular weight excluding hydrogens is 887 g/mol. The molecule has 1 saturated heterocycles. The number of phenols is 1. The van der Waals surface area contributed by atoms with Crippen molar-refractivity contribution in [2.75, 3.05) is 26.2 Å². The molecule has 0 radical (unpaired) electrons. The molecule has 15 heteroatoms. The van der Waals surface area contributed by atoms with E-state index >= 15 is 0 Å². The van der Waals surface area contributed by atoms with Gasteiger partial charge in [0.25, 0.3) is 11.8 Å². The molecule has 1 aliphatic carbocycles. The van der Waals surface area contributed by atoms with Crippen LogP contribution >= 0.6 is 0 Å². The minimum atomic E-state index is -2.02. The van der Waals surface area contributed by atoms with Crippen LogP contribution in [0.25, 0.3) is 22.2 Å². The molecule has 0 spiro atoms. The zero-order valence-corrected chi connectivity index (χ0v) is 38.5. The van der Waals surface area contributed by atoms with E-state index in [0.717, 1.165) is 38.0 Å². The van der Waals surface area contributed by atoms with Gasteiger partial charge in [0.2, 0.25) is 5.56 Å². The van der Waals surface area contributed by atoms with E-state index in [9.17, 15) is 34.5 Å². The number of Topliss-reactive ketones (excluding diaryl/α,β-unsaturated/α-hetero) is 1. The van der Waals surface area contributed by atoms with Crippen molar-refractivity contribution in [3.8, 4) is 17.0 Å². The lowest BCUT2D eigenvalue weighted by atomic mass is 9.82. The molecule has 1 saturated carbocycles. The molecule has 0 bridgehead atoms. The van der Waals surface area contributed by atoms with Crippen LogP contribution in [-0.2, 0) is 28.2 Å². The number of likely N-dealkylation sites (tertiary alicyclic amines) is 1. The Morgan fingerprint density at radius 1 is 0.786 bits per heavy atom. The monoisotopic (exact) mass is 941 g/mol. The van der Waals surface area contributed by atoms with Crippen molar-refractivity contribution in [1.82, 2.24) is 35.8 Å². The minimum Gasteiger partial charge on any atom is -0.506 e. The maximum atomic E-state index is 14.1. The smallest absolute Gasteiger partial charge is 0.271 e. The molecule has 7 aromatic rings. The zero-order valence-electron chi connectivity index (χ0n) is 38.5. The number of nitrogens with one attached hydrogen (secondary N) is 4. The Kier molecular flexibility index (Phi) is 14.6. The van der Waals surface area contributed by atoms with Crippen molar-refractivity contribution < 1.29 is 34.4 Å². The normalized spacial score (nSPS) is 17.5. The summed E-state index contributed by atoms with van der Waals surface area (Å²) in [7, 11) is 0. The number of carbonyl (C=O) groups is 3. The highest BCUT2D eigenvalue weighted by molar-refractivity contribution is 5.95. The Hall–Kier alpha value is -7.40. The summed E-state index contributed by atoms with van der Waals surface area (Å²) in [6.07, 6.45) is 4.53. The van der Waals surface area contributed by atoms with Gasteiger partial charge in [-0.25, -0.2) is 4.98 Å². The average Bonchev–Trinajstić information content (AvgIpc) is 3.38. The van der Waals surface area contributed by atoms with Gasteiger partial charge in [0.05, 0.1) is 35.8 Å². The lowest BCUT2D eigenvalue weighted by Gasteiger charge is -2.36. The fourth-order valence-corrected chi connectivity index (χ4v) is 9.23. The molecule has 2 fully saturated rings. The van der Waals surface area contributed by atoms with E-state index in [0.29, 0.717) is 58.3 Å². The number of ketones is 1. The molecule has 5 aromatic carbocycles. The van der Waals surface area contributed by atoms with Crippen LogP contribution in [0.3, 0.4) is 0 Å². The van der Waals surface area contributed by atoms with Crippen molar-refractivity contribution in [2.24, 2.45) is 0 Å². The summed E-state index contributed by atoms with van der Waals surface area (Å²) >= 11 is 0. The van der Waals surface area contributed by atoms with Gasteiger partial charge in [-0.1, -0.05) is 97.1 Å². The number of rotatable bonds is 18. The van der Waals surface area contributed by atoms with Crippen molar-refractivity contribution in [1.29, 1.82) is 0 Å². The maximum Gasteiger partial charge on any atom is 0.271 e. The number of aromatic nitrogens is 3. The van der Waals surface area contributed by atoms with Crippen LogP contribution in [0.4, 0.5) is 0 Å². The second-order valence-electron chi connectivity index (χ2n) is 18.1. The van der Waals surface area contributed by atoms with Gasteiger partial charge in [-0.3, -0.25) is 29.1 Å². The van der Waals surface area contributed by atoms with Crippen molar-refractivity contribution in [3.63, 3.8) is 0 Å². The molecule has 9 rings (SSSR count). The number of aliphatic hydroxyl groups is 2. The second kappa shape index (κ2) is 21.5. The van der Waals surface area contributed by atoms with Gasteiger partial charge in [-0.2, -0.15) is 0 Å². The van der Waals surface area contributed by atoms with Crippen LogP contribution in [0.15, 0.2) is 151 Å². The SMILES string of the molecule is O=C(NC1CC(NC(=O)c2cncc(-c3cccc([C@](O)(C(=O)COC4CCN(Cc5ccccc5)CC4)c4ccccc4)c3)n2)C1)c1ccc(CNC[C@H](O)c2ccc(O)c3[nH]c(=O)ccc23)cc1. The standard InChI is InChI=1S/C55H55N7O8/c63-48-20-18-44(45-19-21-51(66)61-52(45)48)49(64)32-56-29-35-14-16-37(17-15-35)53(67)58-41-27-42(28-41)59-54(68)47-31-57-30-46(60-47)38-10-7-13-40(26-38)55(69,39-11-5-2-6-12-39)50(65)34-70-43-22-24-62(25-23-43)33-36-8-3-1-4-9-36/h1-21,26,30-31,41-43,49,56,63-64,69H,22-25,27-29,32-34H2,(H,58,67)(H,59,68)(H,61,66)/t41?,42?,49-,55-/m0/s1. The molecule has 1 aliphatic heterocycles. The van der Waals surface area contributed by atoms with E-state index in [1.165, 1.54) is 30.1 Å². The van der Waals surface area contributed by atoms with Crippen LogP contribution < -0.4 is 21.5 Å². The first kappa shape index (κ1) is 47.7. The molecule has 2 aromatic heterocycles. The fourth-order valence-electron chi connectivity index (χ4n) is 9.23. The van der Waals surface area contributed by atoms with E-state index in [4.69, 9.17) is 4.74 Å². The van der Waals surface area contributed by atoms with Crippen molar-refractivity contribution in [2.45, 2.75) is 68.7 Å². The molecule has 2 amide bonds. The topological polar surface area (TPSA) is 219 Å². The molecule has 2 aliphatic rings. The summed E-state index contributed by atoms with van der Waals surface area (Å²) in [5.74, 6) is -1.21. The Bertz CT molecular complexity index is 3010. The number of ether oxygens (including phenoxy) is 1. The fraction of sp³-hybridized carbons (Fsp3) is 0.273. The Balaban J connectivity index is 0.754. The molecule has 15 nitrogen and oxygen atoms in total. The lowest BCUT2D eigenvalue weighted by Crippen LogP contribution is -2.53. The van der Waals surface area contributed by atoms with E-state index in [1.54, 1.807) is 72.8 Å². The van der Waals surface area contributed by atoms with E-state index in [1.807, 2.05) is 36.4 Å². The third-order valence-corrected chi connectivity index (χ3v) is 13.2. The summed E-state index contributed by atoms with van der Waals surface area (Å²) in [5.41, 5.74) is 2.91. The number of amides is 2. The van der Waals surface area contributed by atoms with Gasteiger partial charge in [0.1, 0.15) is 18.1 Å². The largest absolute Gasteiger partial charge is 0.506 e. The molecule has 0 unspecified atom stereocenters. The molecule has 7 N–H and O–H groups in total. The zero-order chi connectivity index (χ0) is 48.6. The van der Waals surface area contributed by atoms with E-state index in [-0.39, 0.29) is 59.8 Å². The highest BCUT2D eigenvalue weighted by Crippen LogP contribution is 2.34. The third-order valence-electron chi connectivity index (χ3n) is 13.2. The second-order valence-corrected chi connectivity index (χ2v) is 18.1. The number of aromatic hydroxyl groups is 1. The Morgan fingerprint density at radius 3 is 2.23 bits per heavy atom. The summed E-state index contributed by atoms with van der Waals surface area (Å²) < 4.78 is 6.18. The summed E-state index contributed by atoms with van der Waals surface area (Å²) in [4.78, 5) is 66.3. The first-order valence-corrected chi connectivity index (χ1v) is 23.6. The third kappa shape index (κ3) is 11.0. The number of carbonyl (C=O) groups excluding carboxylic acids is 3. The molecule has 2 atom stereocenters. The van der Waals surface area contributed by atoms with Crippen molar-refractivity contribution >= 4 is 28.5 Å². The number of fused-ring (bicyclic) bond motifs is 1. The number of benzene rings is 5. The van der Waals surface area contributed by atoms with Crippen LogP contribution in [0.5, 0.6) is 5.75 Å². The molecular formula is C55H55N7O8. The number of piperidine rings is 1. The van der Waals surface area contributed by atoms with Gasteiger partial charge in [0, 0.05) is 67.4 Å². The number of aromatic amines is 1. The predicted octanol–water partition coefficient (Wildman–Crippen LogP) is 5.69.